The minimum Gasteiger partial charge on any atom is -0.378 e. The predicted molar refractivity (Wildman–Crippen MR) is 117 cm³/mol. The monoisotopic (exact) mass is 406 g/mol. The zero-order valence-corrected chi connectivity index (χ0v) is 17.2. The predicted octanol–water partition coefficient (Wildman–Crippen LogP) is 4.64. The Morgan fingerprint density at radius 3 is 2.59 bits per heavy atom. The fraction of sp³-hybridized carbons (Fsp3) is 0.304. The highest BCUT2D eigenvalue weighted by atomic mass is 35.5. The third kappa shape index (κ3) is 3.56. The van der Waals surface area contributed by atoms with E-state index in [-0.39, 0.29) is 0 Å². The molecule has 1 saturated heterocycles. The van der Waals surface area contributed by atoms with E-state index in [4.69, 9.17) is 26.3 Å². The Bertz CT molecular complexity index is 1050. The molecule has 0 radical (unpaired) electrons. The average molecular weight is 407 g/mol. The van der Waals surface area contributed by atoms with Crippen LogP contribution >= 0.6 is 11.6 Å². The van der Waals surface area contributed by atoms with Gasteiger partial charge in [0.2, 0.25) is 5.95 Å². The Labute approximate surface area is 175 Å². The summed E-state index contributed by atoms with van der Waals surface area (Å²) in [4.78, 5) is 14.5. The van der Waals surface area contributed by atoms with Gasteiger partial charge in [0, 0.05) is 41.5 Å². The quantitative estimate of drug-likeness (QED) is 0.634. The summed E-state index contributed by atoms with van der Waals surface area (Å²) in [5.41, 5.74) is 5.67. The van der Waals surface area contributed by atoms with Crippen LogP contribution in [0, 0.1) is 6.92 Å². The number of fused-ring (bicyclic) bond motifs is 1. The second-order valence-electron chi connectivity index (χ2n) is 7.52. The van der Waals surface area contributed by atoms with Gasteiger partial charge in [-0.2, -0.15) is 4.98 Å². The number of aromatic nitrogens is 2. The van der Waals surface area contributed by atoms with Crippen LogP contribution in [0.15, 0.2) is 48.5 Å². The van der Waals surface area contributed by atoms with Gasteiger partial charge in [0.15, 0.2) is 0 Å². The SMILES string of the molecule is Cc1cccc(-c2nc(N3CCOCC3)nc3c2CCN3c2cccc(Cl)c2)c1. The zero-order chi connectivity index (χ0) is 19.8. The first kappa shape index (κ1) is 18.4. The summed E-state index contributed by atoms with van der Waals surface area (Å²) >= 11 is 6.27. The smallest absolute Gasteiger partial charge is 0.228 e. The fourth-order valence-electron chi connectivity index (χ4n) is 4.07. The van der Waals surface area contributed by atoms with Crippen LogP contribution in [0.5, 0.6) is 0 Å². The first-order valence-electron chi connectivity index (χ1n) is 10.0. The molecular weight excluding hydrogens is 384 g/mol. The van der Waals surface area contributed by atoms with Crippen LogP contribution in [0.4, 0.5) is 17.5 Å². The van der Waals surface area contributed by atoms with Gasteiger partial charge in [-0.25, -0.2) is 4.98 Å². The third-order valence-electron chi connectivity index (χ3n) is 5.52. The van der Waals surface area contributed by atoms with Gasteiger partial charge in [0.1, 0.15) is 5.82 Å². The van der Waals surface area contributed by atoms with E-state index < -0.39 is 0 Å². The van der Waals surface area contributed by atoms with Gasteiger partial charge >= 0.3 is 0 Å². The van der Waals surface area contributed by atoms with Crippen LogP contribution in [0.2, 0.25) is 5.02 Å². The maximum Gasteiger partial charge on any atom is 0.228 e. The molecule has 29 heavy (non-hydrogen) atoms. The van der Waals surface area contributed by atoms with E-state index in [1.54, 1.807) is 0 Å². The van der Waals surface area contributed by atoms with E-state index in [0.29, 0.717) is 13.2 Å². The second kappa shape index (κ2) is 7.65. The molecule has 6 heteroatoms. The van der Waals surface area contributed by atoms with Crippen LogP contribution in [0.3, 0.4) is 0 Å². The Kier molecular flexibility index (Phi) is 4.86. The first-order valence-corrected chi connectivity index (χ1v) is 10.4. The van der Waals surface area contributed by atoms with Crippen molar-refractivity contribution in [2.24, 2.45) is 0 Å². The lowest BCUT2D eigenvalue weighted by Crippen LogP contribution is -2.37. The highest BCUT2D eigenvalue weighted by molar-refractivity contribution is 6.30. The van der Waals surface area contributed by atoms with E-state index in [0.717, 1.165) is 59.8 Å². The van der Waals surface area contributed by atoms with Gasteiger partial charge in [0.25, 0.3) is 0 Å². The van der Waals surface area contributed by atoms with Gasteiger partial charge < -0.3 is 14.5 Å². The maximum absolute atomic E-state index is 6.27. The van der Waals surface area contributed by atoms with Gasteiger partial charge in [-0.15, -0.1) is 0 Å². The molecule has 0 N–H and O–H groups in total. The Morgan fingerprint density at radius 2 is 1.79 bits per heavy atom. The molecule has 2 aliphatic rings. The number of anilines is 3. The van der Waals surface area contributed by atoms with E-state index in [2.05, 4.69) is 47.1 Å². The number of rotatable bonds is 3. The molecule has 0 spiro atoms. The van der Waals surface area contributed by atoms with Crippen molar-refractivity contribution in [1.29, 1.82) is 0 Å². The molecule has 0 amide bonds. The molecule has 2 aliphatic heterocycles. The zero-order valence-electron chi connectivity index (χ0n) is 16.4. The molecule has 1 aromatic heterocycles. The van der Waals surface area contributed by atoms with Crippen LogP contribution in [0.25, 0.3) is 11.3 Å². The molecule has 3 aromatic rings. The normalized spacial score (nSPS) is 16.2. The number of halogens is 1. The molecule has 5 rings (SSSR count). The number of benzene rings is 2. The van der Waals surface area contributed by atoms with Crippen LogP contribution in [0.1, 0.15) is 11.1 Å². The number of nitrogens with zero attached hydrogens (tertiary/aromatic N) is 4. The van der Waals surface area contributed by atoms with Crippen molar-refractivity contribution in [1.82, 2.24) is 9.97 Å². The van der Waals surface area contributed by atoms with E-state index in [9.17, 15) is 0 Å². The van der Waals surface area contributed by atoms with Crippen molar-refractivity contribution in [3.05, 3.63) is 64.7 Å². The summed E-state index contributed by atoms with van der Waals surface area (Å²) in [6.07, 6.45) is 0.911. The Hall–Kier alpha value is -2.63. The summed E-state index contributed by atoms with van der Waals surface area (Å²) in [5, 5.41) is 0.734. The minimum absolute atomic E-state index is 0.707. The maximum atomic E-state index is 6.27. The summed E-state index contributed by atoms with van der Waals surface area (Å²) in [5.74, 6) is 1.76. The van der Waals surface area contributed by atoms with Crippen LogP contribution < -0.4 is 9.80 Å². The molecule has 0 atom stereocenters. The molecule has 3 heterocycles. The number of morpholine rings is 1. The van der Waals surface area contributed by atoms with Crippen molar-refractivity contribution in [2.75, 3.05) is 42.6 Å². The lowest BCUT2D eigenvalue weighted by Gasteiger charge is -2.28. The van der Waals surface area contributed by atoms with E-state index >= 15 is 0 Å². The van der Waals surface area contributed by atoms with Crippen molar-refractivity contribution in [2.45, 2.75) is 13.3 Å². The van der Waals surface area contributed by atoms with Crippen LogP contribution in [-0.4, -0.2) is 42.8 Å². The topological polar surface area (TPSA) is 41.5 Å². The molecule has 0 bridgehead atoms. The number of ether oxygens (including phenoxy) is 1. The molecule has 148 valence electrons. The third-order valence-corrected chi connectivity index (χ3v) is 5.75. The van der Waals surface area contributed by atoms with E-state index in [1.807, 2.05) is 18.2 Å². The van der Waals surface area contributed by atoms with Crippen molar-refractivity contribution in [3.8, 4) is 11.3 Å². The number of aryl methyl sites for hydroxylation is 1. The molecule has 1 fully saturated rings. The van der Waals surface area contributed by atoms with Crippen LogP contribution in [-0.2, 0) is 11.2 Å². The standard InChI is InChI=1S/C23H23ClN4O/c1-16-4-2-5-17(14-16)21-20-8-9-28(19-7-3-6-18(24)15-19)22(20)26-23(25-21)27-10-12-29-13-11-27/h2-7,14-15H,8-13H2,1H3. The second-order valence-corrected chi connectivity index (χ2v) is 7.96. The molecule has 0 saturated carbocycles. The summed E-state index contributed by atoms with van der Waals surface area (Å²) in [7, 11) is 0. The Morgan fingerprint density at radius 1 is 0.966 bits per heavy atom. The summed E-state index contributed by atoms with van der Waals surface area (Å²) in [6, 6.07) is 16.5. The molecule has 2 aromatic carbocycles. The van der Waals surface area contributed by atoms with E-state index in [1.165, 1.54) is 11.1 Å². The molecular formula is C23H23ClN4O. The highest BCUT2D eigenvalue weighted by Crippen LogP contribution is 2.39. The Balaban J connectivity index is 1.66. The lowest BCUT2D eigenvalue weighted by molar-refractivity contribution is 0.122. The van der Waals surface area contributed by atoms with Gasteiger partial charge in [-0.1, -0.05) is 41.4 Å². The van der Waals surface area contributed by atoms with Crippen molar-refractivity contribution >= 4 is 29.1 Å². The largest absolute Gasteiger partial charge is 0.378 e. The first-order chi connectivity index (χ1) is 14.2. The average Bonchev–Trinajstić information content (AvgIpc) is 3.18. The van der Waals surface area contributed by atoms with Gasteiger partial charge in [0.05, 0.1) is 18.9 Å². The minimum atomic E-state index is 0.707. The fourth-order valence-corrected chi connectivity index (χ4v) is 4.26. The molecule has 0 unspecified atom stereocenters. The summed E-state index contributed by atoms with van der Waals surface area (Å²) < 4.78 is 5.53. The molecule has 5 nitrogen and oxygen atoms in total. The van der Waals surface area contributed by atoms with Crippen molar-refractivity contribution in [3.63, 3.8) is 0 Å². The lowest BCUT2D eigenvalue weighted by atomic mass is 10.0. The number of hydrogen-bond acceptors (Lipinski definition) is 5. The summed E-state index contributed by atoms with van der Waals surface area (Å²) in [6.45, 7) is 6.02. The van der Waals surface area contributed by atoms with Gasteiger partial charge in [-0.05, 0) is 37.6 Å². The number of hydrogen-bond donors (Lipinski definition) is 0. The highest BCUT2D eigenvalue weighted by Gasteiger charge is 2.29. The molecule has 0 aliphatic carbocycles. The van der Waals surface area contributed by atoms with Crippen molar-refractivity contribution < 1.29 is 4.74 Å². The van der Waals surface area contributed by atoms with Gasteiger partial charge in [-0.3, -0.25) is 0 Å².